The number of hydrogen-bond donors (Lipinski definition) is 1. The topological polar surface area (TPSA) is 21.3 Å². The first-order valence-electron chi connectivity index (χ1n) is 4.96. The number of nitrogens with one attached hydrogen (secondary N) is 1. The van der Waals surface area contributed by atoms with Crippen molar-refractivity contribution in [3.05, 3.63) is 27.7 Å². The fraction of sp³-hybridized carbons (Fsp3) is 0.455. The Labute approximate surface area is 99.5 Å². The summed E-state index contributed by atoms with van der Waals surface area (Å²) in [7, 11) is 1.56. The fourth-order valence-corrected chi connectivity index (χ4v) is 2.15. The molecular formula is C11H13Cl2NO. The fourth-order valence-electron chi connectivity index (χ4n) is 1.46. The molecule has 15 heavy (non-hydrogen) atoms. The molecule has 82 valence electrons. The van der Waals surface area contributed by atoms with E-state index in [2.05, 4.69) is 5.32 Å². The van der Waals surface area contributed by atoms with Crippen LogP contribution in [-0.4, -0.2) is 13.2 Å². The third kappa shape index (κ3) is 2.77. The zero-order chi connectivity index (χ0) is 10.8. The molecule has 1 fully saturated rings. The van der Waals surface area contributed by atoms with E-state index >= 15 is 0 Å². The standard InChI is InChI=1S/C11H13Cl2NO/c1-15-11-9(12)4-7(5-10(11)13)6-14-8-2-3-8/h4-5,8,14H,2-3,6H2,1H3. The van der Waals surface area contributed by atoms with Crippen molar-refractivity contribution in [3.8, 4) is 5.75 Å². The molecule has 0 bridgehead atoms. The molecule has 0 amide bonds. The monoisotopic (exact) mass is 245 g/mol. The zero-order valence-corrected chi connectivity index (χ0v) is 10.0. The minimum Gasteiger partial charge on any atom is -0.494 e. The molecule has 0 aliphatic heterocycles. The number of hydrogen-bond acceptors (Lipinski definition) is 2. The van der Waals surface area contributed by atoms with Crippen LogP contribution >= 0.6 is 23.2 Å². The third-order valence-electron chi connectivity index (χ3n) is 2.43. The van der Waals surface area contributed by atoms with Gasteiger partial charge in [-0.2, -0.15) is 0 Å². The maximum atomic E-state index is 6.03. The lowest BCUT2D eigenvalue weighted by atomic mass is 10.2. The van der Waals surface area contributed by atoms with Gasteiger partial charge >= 0.3 is 0 Å². The second-order valence-corrected chi connectivity index (χ2v) is 4.56. The number of rotatable bonds is 4. The first-order chi connectivity index (χ1) is 7.20. The lowest BCUT2D eigenvalue weighted by molar-refractivity contribution is 0.415. The quantitative estimate of drug-likeness (QED) is 0.880. The van der Waals surface area contributed by atoms with Crippen LogP contribution < -0.4 is 10.1 Å². The third-order valence-corrected chi connectivity index (χ3v) is 3.00. The van der Waals surface area contributed by atoms with Gasteiger partial charge in [0.2, 0.25) is 0 Å². The largest absolute Gasteiger partial charge is 0.494 e. The van der Waals surface area contributed by atoms with Crippen molar-refractivity contribution in [2.24, 2.45) is 0 Å². The summed E-state index contributed by atoms with van der Waals surface area (Å²) in [5, 5.41) is 4.54. The second-order valence-electron chi connectivity index (χ2n) is 3.75. The predicted octanol–water partition coefficient (Wildman–Crippen LogP) is 3.25. The van der Waals surface area contributed by atoms with Crippen LogP contribution in [0.15, 0.2) is 12.1 Å². The van der Waals surface area contributed by atoms with E-state index in [9.17, 15) is 0 Å². The zero-order valence-electron chi connectivity index (χ0n) is 8.52. The molecule has 0 unspecified atom stereocenters. The summed E-state index contributed by atoms with van der Waals surface area (Å²) in [4.78, 5) is 0. The summed E-state index contributed by atoms with van der Waals surface area (Å²) in [5.41, 5.74) is 1.10. The van der Waals surface area contributed by atoms with Gasteiger partial charge < -0.3 is 10.1 Å². The smallest absolute Gasteiger partial charge is 0.156 e. The maximum Gasteiger partial charge on any atom is 0.156 e. The van der Waals surface area contributed by atoms with Crippen molar-refractivity contribution < 1.29 is 4.74 Å². The van der Waals surface area contributed by atoms with Crippen molar-refractivity contribution >= 4 is 23.2 Å². The van der Waals surface area contributed by atoms with Gasteiger partial charge in [0.15, 0.2) is 5.75 Å². The molecule has 2 nitrogen and oxygen atoms in total. The van der Waals surface area contributed by atoms with Crippen LogP contribution in [-0.2, 0) is 6.54 Å². The summed E-state index contributed by atoms with van der Waals surface area (Å²) in [5.74, 6) is 0.550. The van der Waals surface area contributed by atoms with Crippen molar-refractivity contribution in [2.75, 3.05) is 7.11 Å². The average molecular weight is 246 g/mol. The Balaban J connectivity index is 2.10. The van der Waals surface area contributed by atoms with Crippen molar-refractivity contribution in [2.45, 2.75) is 25.4 Å². The van der Waals surface area contributed by atoms with Crippen LogP contribution in [0.1, 0.15) is 18.4 Å². The van der Waals surface area contributed by atoms with Gasteiger partial charge in [0, 0.05) is 12.6 Å². The lowest BCUT2D eigenvalue weighted by Gasteiger charge is -2.09. The normalized spacial score (nSPS) is 15.4. The number of benzene rings is 1. The second kappa shape index (κ2) is 4.60. The molecule has 1 aromatic carbocycles. The summed E-state index contributed by atoms with van der Waals surface area (Å²) < 4.78 is 5.08. The van der Waals surface area contributed by atoms with Crippen molar-refractivity contribution in [1.29, 1.82) is 0 Å². The Kier molecular flexibility index (Phi) is 3.39. The van der Waals surface area contributed by atoms with Crippen LogP contribution in [0.5, 0.6) is 5.75 Å². The van der Waals surface area contributed by atoms with Crippen LogP contribution in [0.2, 0.25) is 10.0 Å². The SMILES string of the molecule is COc1c(Cl)cc(CNC2CC2)cc1Cl. The molecule has 0 saturated heterocycles. The van der Waals surface area contributed by atoms with Gasteiger partial charge in [-0.1, -0.05) is 23.2 Å². The average Bonchev–Trinajstić information content (AvgIpc) is 2.97. The lowest BCUT2D eigenvalue weighted by Crippen LogP contribution is -2.15. The van der Waals surface area contributed by atoms with Gasteiger partial charge in [-0.25, -0.2) is 0 Å². The summed E-state index contributed by atoms with van der Waals surface area (Å²) in [6, 6.07) is 4.47. The van der Waals surface area contributed by atoms with Gasteiger partial charge in [0.25, 0.3) is 0 Å². The van der Waals surface area contributed by atoms with E-state index in [0.717, 1.165) is 12.1 Å². The van der Waals surface area contributed by atoms with Gasteiger partial charge in [-0.05, 0) is 30.5 Å². The van der Waals surface area contributed by atoms with Crippen LogP contribution in [0, 0.1) is 0 Å². The highest BCUT2D eigenvalue weighted by Gasteiger charge is 2.20. The van der Waals surface area contributed by atoms with Crippen LogP contribution in [0.4, 0.5) is 0 Å². The molecule has 0 atom stereocenters. The molecule has 2 rings (SSSR count). The van der Waals surface area contributed by atoms with E-state index in [4.69, 9.17) is 27.9 Å². The Morgan fingerprint density at radius 3 is 2.40 bits per heavy atom. The molecule has 4 heteroatoms. The highest BCUT2D eigenvalue weighted by molar-refractivity contribution is 6.37. The van der Waals surface area contributed by atoms with Gasteiger partial charge in [0.1, 0.15) is 0 Å². The van der Waals surface area contributed by atoms with E-state index in [0.29, 0.717) is 21.8 Å². The Morgan fingerprint density at radius 2 is 1.93 bits per heavy atom. The maximum absolute atomic E-state index is 6.03. The summed E-state index contributed by atoms with van der Waals surface area (Å²) >= 11 is 12.1. The van der Waals surface area contributed by atoms with Crippen molar-refractivity contribution in [1.82, 2.24) is 5.32 Å². The first-order valence-corrected chi connectivity index (χ1v) is 5.71. The summed E-state index contributed by atoms with van der Waals surface area (Å²) in [6.45, 7) is 0.814. The molecular weight excluding hydrogens is 233 g/mol. The predicted molar refractivity (Wildman–Crippen MR) is 62.9 cm³/mol. The van der Waals surface area contributed by atoms with Crippen LogP contribution in [0.3, 0.4) is 0 Å². The molecule has 1 saturated carbocycles. The van der Waals surface area contributed by atoms with Gasteiger partial charge in [-0.3, -0.25) is 0 Å². The number of halogens is 2. The molecule has 1 N–H and O–H groups in total. The van der Waals surface area contributed by atoms with E-state index in [1.165, 1.54) is 12.8 Å². The van der Waals surface area contributed by atoms with Gasteiger partial charge in [-0.15, -0.1) is 0 Å². The Hall–Kier alpha value is -0.440. The van der Waals surface area contributed by atoms with E-state index < -0.39 is 0 Å². The molecule has 1 aliphatic carbocycles. The molecule has 1 aliphatic rings. The molecule has 0 spiro atoms. The van der Waals surface area contributed by atoms with Crippen LogP contribution in [0.25, 0.3) is 0 Å². The number of ether oxygens (including phenoxy) is 1. The minimum absolute atomic E-state index is 0.550. The Bertz CT molecular complexity index is 341. The molecule has 0 heterocycles. The highest BCUT2D eigenvalue weighted by Crippen LogP contribution is 2.34. The highest BCUT2D eigenvalue weighted by atomic mass is 35.5. The first kappa shape index (κ1) is 11.1. The van der Waals surface area contributed by atoms with E-state index in [-0.39, 0.29) is 0 Å². The van der Waals surface area contributed by atoms with Crippen molar-refractivity contribution in [3.63, 3.8) is 0 Å². The minimum atomic E-state index is 0.550. The van der Waals surface area contributed by atoms with E-state index in [1.807, 2.05) is 12.1 Å². The van der Waals surface area contributed by atoms with E-state index in [1.54, 1.807) is 7.11 Å². The number of methoxy groups -OCH3 is 1. The molecule has 0 aromatic heterocycles. The summed E-state index contributed by atoms with van der Waals surface area (Å²) in [6.07, 6.45) is 2.55. The molecule has 1 aromatic rings. The molecule has 0 radical (unpaired) electrons. The van der Waals surface area contributed by atoms with Gasteiger partial charge in [0.05, 0.1) is 17.2 Å². The Morgan fingerprint density at radius 1 is 1.33 bits per heavy atom.